The first-order valence-corrected chi connectivity index (χ1v) is 5.99. The number of nitrogens with zero attached hydrogens (tertiary/aromatic N) is 1. The molecule has 0 spiro atoms. The molecule has 0 fully saturated rings. The number of methoxy groups -OCH3 is 1. The summed E-state index contributed by atoms with van der Waals surface area (Å²) in [5.41, 5.74) is 4.54. The molecule has 1 aromatic carbocycles. The first kappa shape index (κ1) is 14.3. The maximum absolute atomic E-state index is 5.45. The Kier molecular flexibility index (Phi) is 5.45. The van der Waals surface area contributed by atoms with Crippen LogP contribution in [0.4, 0.5) is 5.69 Å². The number of hydrazine groups is 1. The molecule has 4 N–H and O–H groups in total. The standard InChI is InChI=1S/C13H22N4O/c1-9(2)8-15-13(17-14)16-11-7-10(3)5-6-12(11)18-4/h5-7,9H,8,14H2,1-4H3,(H2,15,16,17). The first-order valence-electron chi connectivity index (χ1n) is 5.99. The van der Waals surface area contributed by atoms with Crippen LogP contribution in [-0.4, -0.2) is 19.6 Å². The van der Waals surface area contributed by atoms with Crippen molar-refractivity contribution >= 4 is 11.6 Å². The molecule has 1 aromatic rings. The number of nitrogens with one attached hydrogen (secondary N) is 2. The molecule has 0 aliphatic rings. The second kappa shape index (κ2) is 6.86. The number of aliphatic imine (C=N–C) groups is 1. The zero-order chi connectivity index (χ0) is 13.5. The lowest BCUT2D eigenvalue weighted by atomic mass is 10.2. The summed E-state index contributed by atoms with van der Waals surface area (Å²) in [5, 5.41) is 3.13. The van der Waals surface area contributed by atoms with E-state index in [1.807, 2.05) is 25.1 Å². The molecule has 0 amide bonds. The zero-order valence-corrected chi connectivity index (χ0v) is 11.4. The Labute approximate surface area is 108 Å². The number of guanidine groups is 1. The molecular weight excluding hydrogens is 228 g/mol. The highest BCUT2D eigenvalue weighted by molar-refractivity contribution is 5.94. The van der Waals surface area contributed by atoms with Crippen LogP contribution in [-0.2, 0) is 0 Å². The Bertz CT molecular complexity index is 415. The largest absolute Gasteiger partial charge is 0.495 e. The summed E-state index contributed by atoms with van der Waals surface area (Å²) in [7, 11) is 1.64. The molecule has 1 rings (SSSR count). The summed E-state index contributed by atoms with van der Waals surface area (Å²) >= 11 is 0. The van der Waals surface area contributed by atoms with Gasteiger partial charge in [0.2, 0.25) is 5.96 Å². The average Bonchev–Trinajstić information content (AvgIpc) is 2.34. The van der Waals surface area contributed by atoms with Crippen LogP contribution >= 0.6 is 0 Å². The van der Waals surface area contributed by atoms with Crippen LogP contribution < -0.4 is 21.3 Å². The highest BCUT2D eigenvalue weighted by Crippen LogP contribution is 2.24. The molecule has 0 atom stereocenters. The molecule has 5 nitrogen and oxygen atoms in total. The summed E-state index contributed by atoms with van der Waals surface area (Å²) in [6, 6.07) is 5.89. The maximum Gasteiger partial charge on any atom is 0.210 e. The van der Waals surface area contributed by atoms with Crippen LogP contribution in [0.15, 0.2) is 23.2 Å². The van der Waals surface area contributed by atoms with Crippen LogP contribution in [0.3, 0.4) is 0 Å². The fourth-order valence-electron chi connectivity index (χ4n) is 1.44. The van der Waals surface area contributed by atoms with Crippen LogP contribution in [0.25, 0.3) is 0 Å². The smallest absolute Gasteiger partial charge is 0.210 e. The Morgan fingerprint density at radius 2 is 2.17 bits per heavy atom. The van der Waals surface area contributed by atoms with Crippen molar-refractivity contribution in [2.45, 2.75) is 20.8 Å². The SMILES string of the molecule is COc1ccc(C)cc1NC(=NCC(C)C)NN. The van der Waals surface area contributed by atoms with Gasteiger partial charge >= 0.3 is 0 Å². The van der Waals surface area contributed by atoms with Crippen LogP contribution in [0.1, 0.15) is 19.4 Å². The van der Waals surface area contributed by atoms with E-state index >= 15 is 0 Å². The van der Waals surface area contributed by atoms with E-state index in [2.05, 4.69) is 29.6 Å². The van der Waals surface area contributed by atoms with E-state index in [9.17, 15) is 0 Å². The second-order valence-electron chi connectivity index (χ2n) is 4.56. The van der Waals surface area contributed by atoms with Gasteiger partial charge in [-0.2, -0.15) is 0 Å². The minimum Gasteiger partial charge on any atom is -0.495 e. The van der Waals surface area contributed by atoms with Crippen LogP contribution in [0, 0.1) is 12.8 Å². The third kappa shape index (κ3) is 4.25. The summed E-state index contributed by atoms with van der Waals surface area (Å²) in [6.45, 7) is 6.93. The number of ether oxygens (including phenoxy) is 1. The molecule has 0 heterocycles. The summed E-state index contributed by atoms with van der Waals surface area (Å²) in [5.74, 6) is 7.23. The Morgan fingerprint density at radius 1 is 1.44 bits per heavy atom. The number of anilines is 1. The predicted molar refractivity (Wildman–Crippen MR) is 75.8 cm³/mol. The topological polar surface area (TPSA) is 71.7 Å². The Morgan fingerprint density at radius 3 is 2.72 bits per heavy atom. The van der Waals surface area contributed by atoms with Crippen molar-refractivity contribution in [3.8, 4) is 5.75 Å². The lowest BCUT2D eigenvalue weighted by molar-refractivity contribution is 0.417. The number of hydrogen-bond acceptors (Lipinski definition) is 3. The van der Waals surface area contributed by atoms with Crippen molar-refractivity contribution < 1.29 is 4.74 Å². The third-order valence-corrected chi connectivity index (χ3v) is 2.36. The van der Waals surface area contributed by atoms with Gasteiger partial charge < -0.3 is 10.1 Å². The lowest BCUT2D eigenvalue weighted by Crippen LogP contribution is -2.36. The Hall–Kier alpha value is -1.75. The zero-order valence-electron chi connectivity index (χ0n) is 11.4. The third-order valence-electron chi connectivity index (χ3n) is 2.36. The van der Waals surface area contributed by atoms with Gasteiger partial charge in [-0.05, 0) is 30.5 Å². The highest BCUT2D eigenvalue weighted by atomic mass is 16.5. The van der Waals surface area contributed by atoms with Gasteiger partial charge in [-0.25, -0.2) is 5.84 Å². The van der Waals surface area contributed by atoms with Crippen molar-refractivity contribution in [2.24, 2.45) is 16.8 Å². The van der Waals surface area contributed by atoms with Crippen LogP contribution in [0.5, 0.6) is 5.75 Å². The molecule has 0 unspecified atom stereocenters. The van der Waals surface area contributed by atoms with Gasteiger partial charge in [0.05, 0.1) is 12.8 Å². The molecule has 0 saturated heterocycles. The number of hydrogen-bond donors (Lipinski definition) is 3. The minimum absolute atomic E-state index is 0.481. The fraction of sp³-hybridized carbons (Fsp3) is 0.462. The molecular formula is C13H22N4O. The van der Waals surface area contributed by atoms with E-state index < -0.39 is 0 Å². The second-order valence-corrected chi connectivity index (χ2v) is 4.56. The quantitative estimate of drug-likeness (QED) is 0.330. The van der Waals surface area contributed by atoms with Crippen molar-refractivity contribution in [1.29, 1.82) is 0 Å². The van der Waals surface area contributed by atoms with Gasteiger partial charge in [0, 0.05) is 6.54 Å². The average molecular weight is 250 g/mol. The normalized spacial score (nSPS) is 11.6. The van der Waals surface area contributed by atoms with E-state index in [1.54, 1.807) is 7.11 Å². The van der Waals surface area contributed by atoms with Gasteiger partial charge in [-0.1, -0.05) is 19.9 Å². The van der Waals surface area contributed by atoms with E-state index in [0.29, 0.717) is 18.4 Å². The molecule has 18 heavy (non-hydrogen) atoms. The molecule has 0 aromatic heterocycles. The number of rotatable bonds is 4. The Balaban J connectivity index is 2.87. The summed E-state index contributed by atoms with van der Waals surface area (Å²) in [6.07, 6.45) is 0. The monoisotopic (exact) mass is 250 g/mol. The molecule has 100 valence electrons. The molecule has 0 saturated carbocycles. The maximum atomic E-state index is 5.45. The van der Waals surface area contributed by atoms with E-state index in [1.165, 1.54) is 0 Å². The van der Waals surface area contributed by atoms with E-state index in [-0.39, 0.29) is 0 Å². The molecule has 0 aliphatic heterocycles. The summed E-state index contributed by atoms with van der Waals surface area (Å²) in [4.78, 5) is 4.36. The van der Waals surface area contributed by atoms with Gasteiger partial charge in [0.25, 0.3) is 0 Å². The van der Waals surface area contributed by atoms with Gasteiger partial charge in [0.15, 0.2) is 0 Å². The first-order chi connectivity index (χ1) is 8.56. The molecule has 0 radical (unpaired) electrons. The minimum atomic E-state index is 0.481. The van der Waals surface area contributed by atoms with E-state index in [4.69, 9.17) is 10.6 Å². The van der Waals surface area contributed by atoms with Crippen LogP contribution in [0.2, 0.25) is 0 Å². The van der Waals surface area contributed by atoms with Gasteiger partial charge in [0.1, 0.15) is 5.75 Å². The van der Waals surface area contributed by atoms with Crippen molar-refractivity contribution in [1.82, 2.24) is 5.43 Å². The van der Waals surface area contributed by atoms with Crippen molar-refractivity contribution in [2.75, 3.05) is 19.0 Å². The van der Waals surface area contributed by atoms with Crippen molar-refractivity contribution in [3.63, 3.8) is 0 Å². The van der Waals surface area contributed by atoms with E-state index in [0.717, 1.165) is 17.0 Å². The predicted octanol–water partition coefficient (Wildman–Crippen LogP) is 1.89. The lowest BCUT2D eigenvalue weighted by Gasteiger charge is -2.13. The van der Waals surface area contributed by atoms with Crippen molar-refractivity contribution in [3.05, 3.63) is 23.8 Å². The number of benzene rings is 1. The molecule has 5 heteroatoms. The molecule has 0 aliphatic carbocycles. The van der Waals surface area contributed by atoms with Gasteiger partial charge in [-0.3, -0.25) is 10.4 Å². The summed E-state index contributed by atoms with van der Waals surface area (Å²) < 4.78 is 5.29. The number of aryl methyl sites for hydroxylation is 1. The number of nitrogens with two attached hydrogens (primary N) is 1. The molecule has 0 bridgehead atoms. The van der Waals surface area contributed by atoms with Gasteiger partial charge in [-0.15, -0.1) is 0 Å². The fourth-order valence-corrected chi connectivity index (χ4v) is 1.44. The highest BCUT2D eigenvalue weighted by Gasteiger charge is 2.05.